The molecule has 0 spiro atoms. The Balaban J connectivity index is 0.00000144. The topological polar surface area (TPSA) is 0 Å². The van der Waals surface area contributed by atoms with E-state index in [0.717, 1.165) is 0 Å². The van der Waals surface area contributed by atoms with Gasteiger partial charge in [-0.25, -0.2) is 0 Å². The molecule has 1 rings (SSSR count). The molecule has 0 unspecified atom stereocenters. The molecule has 0 aliphatic rings. The van der Waals surface area contributed by atoms with Gasteiger partial charge in [0.2, 0.25) is 0 Å². The fraction of sp³-hybridized carbons (Fsp3) is 0.500. The Kier molecular flexibility index (Phi) is 3.78. The van der Waals surface area contributed by atoms with Gasteiger partial charge in [-0.1, -0.05) is 39.0 Å². The van der Waals surface area contributed by atoms with Gasteiger partial charge in [0.15, 0.2) is 0 Å². The van der Waals surface area contributed by atoms with Gasteiger partial charge in [-0.2, -0.15) is 0 Å². The van der Waals surface area contributed by atoms with Crippen LogP contribution in [-0.2, 0) is 5.41 Å². The minimum atomic E-state index is 0. The van der Waals surface area contributed by atoms with Crippen molar-refractivity contribution >= 4 is 8.41 Å². The number of benzene rings is 1. The van der Waals surface area contributed by atoms with Crippen LogP contribution < -0.4 is 0 Å². The summed E-state index contributed by atoms with van der Waals surface area (Å²) in [6.07, 6.45) is 0. The van der Waals surface area contributed by atoms with Crippen molar-refractivity contribution in [3.63, 3.8) is 0 Å². The Bertz CT molecular complexity index is 261. The first-order valence-electron chi connectivity index (χ1n) is 4.49. The fourth-order valence-electron chi connectivity index (χ4n) is 2.00. The highest BCUT2D eigenvalue weighted by molar-refractivity contribution is 5.75. The monoisotopic (exact) mass is 173 g/mol. The Hall–Kier alpha value is -0.715. The Morgan fingerprint density at radius 3 is 1.54 bits per heavy atom. The molecule has 13 heavy (non-hydrogen) atoms. The van der Waals surface area contributed by atoms with Crippen LogP contribution in [0.2, 0.25) is 0 Å². The van der Waals surface area contributed by atoms with E-state index >= 15 is 0 Å². The van der Waals surface area contributed by atoms with Gasteiger partial charge in [0.05, 0.1) is 0 Å². The van der Waals surface area contributed by atoms with Crippen LogP contribution in [-0.4, -0.2) is 8.41 Å². The molecular formula is C12H18B. The lowest BCUT2D eigenvalue weighted by molar-refractivity contribution is 0.582. The van der Waals surface area contributed by atoms with Crippen LogP contribution in [0.25, 0.3) is 0 Å². The molecule has 0 saturated heterocycles. The van der Waals surface area contributed by atoms with E-state index < -0.39 is 0 Å². The largest absolute Gasteiger partial charge is 0.0617 e. The van der Waals surface area contributed by atoms with Crippen molar-refractivity contribution in [3.05, 3.63) is 34.9 Å². The van der Waals surface area contributed by atoms with Gasteiger partial charge in [-0.15, -0.1) is 0 Å². The molecule has 0 amide bonds. The van der Waals surface area contributed by atoms with Crippen LogP contribution in [0.4, 0.5) is 0 Å². The second-order valence-corrected chi connectivity index (χ2v) is 4.52. The summed E-state index contributed by atoms with van der Waals surface area (Å²) in [4.78, 5) is 0. The Morgan fingerprint density at radius 1 is 0.923 bits per heavy atom. The molecule has 0 N–H and O–H groups in total. The van der Waals surface area contributed by atoms with Gasteiger partial charge < -0.3 is 0 Å². The third-order valence-electron chi connectivity index (χ3n) is 2.23. The standard InChI is InChI=1S/C12H18.B/c1-9-7-6-8-10(2)11(9)12(3,4)5;/h6-8H,1-5H3;. The summed E-state index contributed by atoms with van der Waals surface area (Å²) in [7, 11) is 0. The molecule has 3 radical (unpaired) electrons. The first kappa shape index (κ1) is 12.3. The van der Waals surface area contributed by atoms with E-state index in [9.17, 15) is 0 Å². The molecule has 69 valence electrons. The number of hydrogen-bond donors (Lipinski definition) is 0. The summed E-state index contributed by atoms with van der Waals surface area (Å²) >= 11 is 0. The molecule has 0 atom stereocenters. The molecule has 0 bridgehead atoms. The van der Waals surface area contributed by atoms with Crippen molar-refractivity contribution in [2.45, 2.75) is 40.0 Å². The zero-order valence-electron chi connectivity index (χ0n) is 9.31. The first-order valence-corrected chi connectivity index (χ1v) is 4.49. The molecule has 1 heteroatoms. The second kappa shape index (κ2) is 4.00. The highest BCUT2D eigenvalue weighted by Gasteiger charge is 2.17. The highest BCUT2D eigenvalue weighted by atomic mass is 14.2. The smallest absolute Gasteiger partial charge is 0 e. The first-order chi connectivity index (χ1) is 5.43. The molecule has 0 fully saturated rings. The fourth-order valence-corrected chi connectivity index (χ4v) is 2.00. The van der Waals surface area contributed by atoms with Gasteiger partial charge in [0, 0.05) is 8.41 Å². The van der Waals surface area contributed by atoms with E-state index in [0.29, 0.717) is 0 Å². The van der Waals surface area contributed by atoms with Crippen LogP contribution in [0.1, 0.15) is 37.5 Å². The number of aryl methyl sites for hydroxylation is 2. The Labute approximate surface area is 83.9 Å². The zero-order chi connectivity index (χ0) is 9.35. The average Bonchev–Trinajstić information content (AvgIpc) is 1.82. The van der Waals surface area contributed by atoms with Crippen molar-refractivity contribution in [1.29, 1.82) is 0 Å². The molecule has 0 saturated carbocycles. The van der Waals surface area contributed by atoms with Gasteiger partial charge in [-0.3, -0.25) is 0 Å². The maximum Gasteiger partial charge on any atom is 0 e. The third kappa shape index (κ3) is 2.62. The normalized spacial score (nSPS) is 10.8. The van der Waals surface area contributed by atoms with Crippen LogP contribution in [0.3, 0.4) is 0 Å². The molecule has 0 nitrogen and oxygen atoms in total. The van der Waals surface area contributed by atoms with Crippen molar-refractivity contribution in [3.8, 4) is 0 Å². The predicted molar refractivity (Wildman–Crippen MR) is 60.4 cm³/mol. The van der Waals surface area contributed by atoms with E-state index in [-0.39, 0.29) is 13.8 Å². The van der Waals surface area contributed by atoms with Crippen LogP contribution >= 0.6 is 0 Å². The summed E-state index contributed by atoms with van der Waals surface area (Å²) in [6, 6.07) is 6.50. The van der Waals surface area contributed by atoms with Crippen molar-refractivity contribution < 1.29 is 0 Å². The molecule has 0 aromatic heterocycles. The molecule has 0 heterocycles. The molecule has 1 aromatic carbocycles. The third-order valence-corrected chi connectivity index (χ3v) is 2.23. The number of hydrogen-bond acceptors (Lipinski definition) is 0. The summed E-state index contributed by atoms with van der Waals surface area (Å²) in [5.74, 6) is 0. The minimum absolute atomic E-state index is 0. The summed E-state index contributed by atoms with van der Waals surface area (Å²) in [5, 5.41) is 0. The van der Waals surface area contributed by atoms with E-state index in [1.165, 1.54) is 16.7 Å². The maximum atomic E-state index is 2.27. The number of rotatable bonds is 0. The molecule has 0 aliphatic carbocycles. The van der Waals surface area contributed by atoms with Crippen molar-refractivity contribution in [2.75, 3.05) is 0 Å². The lowest BCUT2D eigenvalue weighted by Crippen LogP contribution is -2.14. The van der Waals surface area contributed by atoms with Gasteiger partial charge in [0.1, 0.15) is 0 Å². The predicted octanol–water partition coefficient (Wildman–Crippen LogP) is 3.22. The van der Waals surface area contributed by atoms with Gasteiger partial charge in [0.25, 0.3) is 0 Å². The summed E-state index contributed by atoms with van der Waals surface area (Å²) < 4.78 is 0. The molecule has 0 aliphatic heterocycles. The van der Waals surface area contributed by atoms with Crippen LogP contribution in [0, 0.1) is 13.8 Å². The SMILES string of the molecule is Cc1cccc(C)c1C(C)(C)C.[B]. The highest BCUT2D eigenvalue weighted by Crippen LogP contribution is 2.28. The lowest BCUT2D eigenvalue weighted by atomic mass is 9.81. The van der Waals surface area contributed by atoms with Gasteiger partial charge in [-0.05, 0) is 36.0 Å². The molecular weight excluding hydrogens is 155 g/mol. The zero-order valence-corrected chi connectivity index (χ0v) is 9.31. The van der Waals surface area contributed by atoms with E-state index in [4.69, 9.17) is 0 Å². The van der Waals surface area contributed by atoms with Gasteiger partial charge >= 0.3 is 0 Å². The van der Waals surface area contributed by atoms with Crippen LogP contribution in [0.15, 0.2) is 18.2 Å². The maximum absolute atomic E-state index is 2.27. The lowest BCUT2D eigenvalue weighted by Gasteiger charge is -2.23. The molecule has 1 aromatic rings. The van der Waals surface area contributed by atoms with Crippen molar-refractivity contribution in [1.82, 2.24) is 0 Å². The van der Waals surface area contributed by atoms with E-state index in [1.54, 1.807) is 0 Å². The Morgan fingerprint density at radius 2 is 1.31 bits per heavy atom. The summed E-state index contributed by atoms with van der Waals surface area (Å²) in [5.41, 5.74) is 4.57. The quantitative estimate of drug-likeness (QED) is 0.528. The van der Waals surface area contributed by atoms with Crippen LogP contribution in [0.5, 0.6) is 0 Å². The van der Waals surface area contributed by atoms with Crippen molar-refractivity contribution in [2.24, 2.45) is 0 Å². The average molecular weight is 173 g/mol. The van der Waals surface area contributed by atoms with E-state index in [2.05, 4.69) is 52.8 Å². The summed E-state index contributed by atoms with van der Waals surface area (Å²) in [6.45, 7) is 11.2. The second-order valence-electron chi connectivity index (χ2n) is 4.52. The minimum Gasteiger partial charge on any atom is -0.0617 e. The van der Waals surface area contributed by atoms with E-state index in [1.807, 2.05) is 0 Å².